The van der Waals surface area contributed by atoms with Gasteiger partial charge in [-0.3, -0.25) is 0 Å². The number of phenols is 1. The first-order valence-corrected chi connectivity index (χ1v) is 3.10. The molecule has 0 aliphatic carbocycles. The highest BCUT2D eigenvalue weighted by molar-refractivity contribution is 7.59. The van der Waals surface area contributed by atoms with Gasteiger partial charge in [0.15, 0.2) is 0 Å². The zero-order valence-corrected chi connectivity index (χ0v) is 7.45. The molecule has 0 aliphatic rings. The van der Waals surface area contributed by atoms with E-state index in [1.807, 2.05) is 0 Å². The van der Waals surface area contributed by atoms with Gasteiger partial charge in [0.1, 0.15) is 10.8 Å². The Morgan fingerprint density at radius 1 is 1.20 bits per heavy atom. The molecule has 1 nitrogen and oxygen atoms in total. The molecule has 0 saturated heterocycles. The molecule has 56 valence electrons. The molecule has 0 fully saturated rings. The number of halogens is 2. The molecule has 1 aromatic carbocycles. The molecule has 0 radical (unpaired) electrons. The maximum Gasteiger partial charge on any atom is 0.135 e. The molecule has 10 heavy (non-hydrogen) atoms. The van der Waals surface area contributed by atoms with Gasteiger partial charge in [-0.15, -0.1) is 0 Å². The second-order valence-electron chi connectivity index (χ2n) is 1.57. The quantitative estimate of drug-likeness (QED) is 0.677. The maximum absolute atomic E-state index is 8.88. The third-order valence-electron chi connectivity index (χ3n) is 0.931. The highest BCUT2D eigenvalue weighted by atomic mass is 35.5. The molecule has 4 heteroatoms. The van der Waals surface area contributed by atoms with Gasteiger partial charge in [0.2, 0.25) is 0 Å². The van der Waals surface area contributed by atoms with Gasteiger partial charge in [-0.1, -0.05) is 29.3 Å². The molecule has 0 aliphatic heterocycles. The molecule has 1 aromatic rings. The van der Waals surface area contributed by atoms with Crippen LogP contribution in [0.5, 0.6) is 5.75 Å². The van der Waals surface area contributed by atoms with Gasteiger partial charge in [-0.2, -0.15) is 13.5 Å². The first-order valence-electron chi connectivity index (χ1n) is 2.35. The Labute approximate surface area is 76.0 Å². The summed E-state index contributed by atoms with van der Waals surface area (Å²) in [6.45, 7) is 0. The lowest BCUT2D eigenvalue weighted by Crippen LogP contribution is -1.67. The molecule has 0 saturated carbocycles. The summed E-state index contributed by atoms with van der Waals surface area (Å²) in [5.74, 6) is 0.0177. The Balaban J connectivity index is 0.000000810. The molecular formula is C6H6Cl2OS. The van der Waals surface area contributed by atoms with Crippen LogP contribution >= 0.6 is 36.7 Å². The van der Waals surface area contributed by atoms with E-state index in [4.69, 9.17) is 28.3 Å². The molecule has 0 bridgehead atoms. The number of hydrogen-bond acceptors (Lipinski definition) is 1. The molecule has 1 rings (SSSR count). The smallest absolute Gasteiger partial charge is 0.135 e. The van der Waals surface area contributed by atoms with Crippen molar-refractivity contribution in [1.82, 2.24) is 0 Å². The van der Waals surface area contributed by atoms with Crippen molar-refractivity contribution in [2.45, 2.75) is 0 Å². The monoisotopic (exact) mass is 196 g/mol. The van der Waals surface area contributed by atoms with Crippen molar-refractivity contribution in [3.05, 3.63) is 28.2 Å². The van der Waals surface area contributed by atoms with Crippen molar-refractivity contribution in [2.75, 3.05) is 0 Å². The number of benzene rings is 1. The SMILES string of the molecule is Oc1cccc(Cl)c1Cl.S. The second-order valence-corrected chi connectivity index (χ2v) is 2.36. The summed E-state index contributed by atoms with van der Waals surface area (Å²) in [4.78, 5) is 0. The van der Waals surface area contributed by atoms with Gasteiger partial charge in [0.05, 0.1) is 5.02 Å². The minimum Gasteiger partial charge on any atom is -0.506 e. The zero-order valence-electron chi connectivity index (χ0n) is 4.94. The fourth-order valence-electron chi connectivity index (χ4n) is 0.492. The van der Waals surface area contributed by atoms with Crippen LogP contribution in [-0.2, 0) is 0 Å². The molecular weight excluding hydrogens is 191 g/mol. The summed E-state index contributed by atoms with van der Waals surface area (Å²) < 4.78 is 0. The van der Waals surface area contributed by atoms with E-state index in [-0.39, 0.29) is 24.3 Å². The van der Waals surface area contributed by atoms with Gasteiger partial charge in [-0.25, -0.2) is 0 Å². The van der Waals surface area contributed by atoms with Crippen molar-refractivity contribution in [1.29, 1.82) is 0 Å². The average molecular weight is 197 g/mol. The fraction of sp³-hybridized carbons (Fsp3) is 0. The topological polar surface area (TPSA) is 20.2 Å². The molecule has 1 N–H and O–H groups in total. The first-order chi connectivity index (χ1) is 4.22. The van der Waals surface area contributed by atoms with Crippen molar-refractivity contribution >= 4 is 36.7 Å². The number of hydrogen-bond donors (Lipinski definition) is 1. The fourth-order valence-corrected chi connectivity index (χ4v) is 0.788. The van der Waals surface area contributed by atoms with Crippen LogP contribution in [0.15, 0.2) is 18.2 Å². The van der Waals surface area contributed by atoms with E-state index >= 15 is 0 Å². The second kappa shape index (κ2) is 3.96. The van der Waals surface area contributed by atoms with Gasteiger partial charge >= 0.3 is 0 Å². The summed E-state index contributed by atoms with van der Waals surface area (Å²) in [5, 5.41) is 9.46. The van der Waals surface area contributed by atoms with E-state index < -0.39 is 0 Å². The first kappa shape index (κ1) is 9.95. The van der Waals surface area contributed by atoms with E-state index in [0.29, 0.717) is 5.02 Å². The van der Waals surface area contributed by atoms with Gasteiger partial charge < -0.3 is 5.11 Å². The number of rotatable bonds is 0. The lowest BCUT2D eigenvalue weighted by atomic mass is 10.3. The van der Waals surface area contributed by atoms with Crippen LogP contribution in [-0.4, -0.2) is 5.11 Å². The van der Waals surface area contributed by atoms with E-state index in [1.54, 1.807) is 12.1 Å². The van der Waals surface area contributed by atoms with Crippen LogP contribution in [0.2, 0.25) is 10.0 Å². The minimum absolute atomic E-state index is 0. The van der Waals surface area contributed by atoms with E-state index in [9.17, 15) is 0 Å². The third-order valence-corrected chi connectivity index (χ3v) is 1.74. The minimum atomic E-state index is 0. The predicted octanol–water partition coefficient (Wildman–Crippen LogP) is 2.81. The number of aromatic hydroxyl groups is 1. The Morgan fingerprint density at radius 2 is 1.80 bits per heavy atom. The van der Waals surface area contributed by atoms with Gasteiger partial charge in [-0.05, 0) is 12.1 Å². The van der Waals surface area contributed by atoms with Gasteiger partial charge in [0.25, 0.3) is 0 Å². The highest BCUT2D eigenvalue weighted by Crippen LogP contribution is 2.29. The van der Waals surface area contributed by atoms with Crippen LogP contribution in [0.3, 0.4) is 0 Å². The molecule has 0 atom stereocenters. The Kier molecular flexibility index (Phi) is 3.94. The van der Waals surface area contributed by atoms with E-state index in [1.165, 1.54) is 6.07 Å². The average Bonchev–Trinajstić information content (AvgIpc) is 1.83. The van der Waals surface area contributed by atoms with Crippen molar-refractivity contribution in [3.63, 3.8) is 0 Å². The molecule has 0 heterocycles. The van der Waals surface area contributed by atoms with Crippen molar-refractivity contribution in [2.24, 2.45) is 0 Å². The summed E-state index contributed by atoms with van der Waals surface area (Å²) in [5.41, 5.74) is 0. The summed E-state index contributed by atoms with van der Waals surface area (Å²) in [6, 6.07) is 4.72. The third kappa shape index (κ3) is 1.97. The maximum atomic E-state index is 8.88. The van der Waals surface area contributed by atoms with E-state index in [0.717, 1.165) is 0 Å². The van der Waals surface area contributed by atoms with Crippen molar-refractivity contribution < 1.29 is 5.11 Å². The predicted molar refractivity (Wildman–Crippen MR) is 48.5 cm³/mol. The lowest BCUT2D eigenvalue weighted by molar-refractivity contribution is 0.475. The Bertz CT molecular complexity index is 207. The van der Waals surface area contributed by atoms with E-state index in [2.05, 4.69) is 0 Å². The number of phenolic OH excluding ortho intramolecular Hbond substituents is 1. The lowest BCUT2D eigenvalue weighted by Gasteiger charge is -1.95. The summed E-state index contributed by atoms with van der Waals surface area (Å²) in [6.07, 6.45) is 0. The standard InChI is InChI=1S/C6H4Cl2O.H2S/c7-4-2-1-3-5(9)6(4)8;/h1-3,9H;1H2. The zero-order chi connectivity index (χ0) is 6.85. The Hall–Kier alpha value is -0.0500. The van der Waals surface area contributed by atoms with Crippen LogP contribution < -0.4 is 0 Å². The summed E-state index contributed by atoms with van der Waals surface area (Å²) in [7, 11) is 0. The molecule has 0 amide bonds. The molecule has 0 aromatic heterocycles. The molecule has 0 unspecified atom stereocenters. The van der Waals surface area contributed by atoms with Crippen LogP contribution in [0.1, 0.15) is 0 Å². The van der Waals surface area contributed by atoms with Crippen LogP contribution in [0, 0.1) is 0 Å². The largest absolute Gasteiger partial charge is 0.506 e. The van der Waals surface area contributed by atoms with Crippen LogP contribution in [0.4, 0.5) is 0 Å². The van der Waals surface area contributed by atoms with Crippen LogP contribution in [0.25, 0.3) is 0 Å². The molecule has 0 spiro atoms. The normalized spacial score (nSPS) is 8.60. The highest BCUT2D eigenvalue weighted by Gasteiger charge is 1.99. The summed E-state index contributed by atoms with van der Waals surface area (Å²) >= 11 is 11.0. The van der Waals surface area contributed by atoms with Crippen molar-refractivity contribution in [3.8, 4) is 5.75 Å². The Morgan fingerprint density at radius 3 is 2.20 bits per heavy atom. The van der Waals surface area contributed by atoms with Gasteiger partial charge in [0, 0.05) is 0 Å².